The second-order valence-electron chi connectivity index (χ2n) is 15.5. The van der Waals surface area contributed by atoms with Gasteiger partial charge in [-0.15, -0.1) is 0 Å². The maximum Gasteiger partial charge on any atom is 0.145 e. The number of furan rings is 1. The average Bonchev–Trinajstić information content (AvgIpc) is 3.96. The monoisotopic (exact) mass is 751 g/mol. The van der Waals surface area contributed by atoms with Crippen molar-refractivity contribution < 1.29 is 4.42 Å². The second kappa shape index (κ2) is 12.3. The molecule has 0 atom stereocenters. The third-order valence-electron chi connectivity index (χ3n) is 12.3. The first kappa shape index (κ1) is 32.2. The summed E-state index contributed by atoms with van der Waals surface area (Å²) in [5, 5.41) is 4.72. The highest BCUT2D eigenvalue weighted by atomic mass is 16.3. The van der Waals surface area contributed by atoms with Crippen LogP contribution in [0.4, 0.5) is 0 Å². The van der Waals surface area contributed by atoms with Crippen LogP contribution in [0.1, 0.15) is 0 Å². The van der Waals surface area contributed by atoms with E-state index in [1.54, 1.807) is 0 Å². The molecule has 0 radical (unpaired) electrons. The maximum absolute atomic E-state index is 6.42. The third kappa shape index (κ3) is 4.63. The Hall–Kier alpha value is -7.95. The minimum absolute atomic E-state index is 0.895. The van der Waals surface area contributed by atoms with Crippen LogP contribution in [-0.4, -0.2) is 14.1 Å². The summed E-state index contributed by atoms with van der Waals surface area (Å²) in [7, 11) is 0. The maximum atomic E-state index is 6.42. The van der Waals surface area contributed by atoms with Crippen LogP contribution in [0.25, 0.3) is 122 Å². The van der Waals surface area contributed by atoms with Gasteiger partial charge in [0.05, 0.1) is 27.8 Å². The Labute approximate surface area is 339 Å². The van der Waals surface area contributed by atoms with Crippen LogP contribution in [-0.2, 0) is 0 Å². The van der Waals surface area contributed by atoms with Crippen molar-refractivity contribution in [2.24, 2.45) is 0 Å². The molecule has 12 aromatic rings. The predicted molar refractivity (Wildman–Crippen MR) is 243 cm³/mol. The Morgan fingerprint density at radius 2 is 0.983 bits per heavy atom. The first-order chi connectivity index (χ1) is 29.3. The molecule has 0 N–H and O–H groups in total. The lowest BCUT2D eigenvalue weighted by Gasteiger charge is -2.18. The first-order valence-electron chi connectivity index (χ1n) is 20.1. The SMILES string of the molecule is c1ccc(-n2c(-c3ccc(-c4cc5c6c(c4)c4ccccc4n6-c4c(cccc4-c4cccc6oc7ccccc7c46)-c4ccccc4-5)cc3)nc3ccccc32)cc1. The molecule has 9 aromatic carbocycles. The summed E-state index contributed by atoms with van der Waals surface area (Å²) in [6.07, 6.45) is 0. The highest BCUT2D eigenvalue weighted by Crippen LogP contribution is 2.51. The molecule has 1 aliphatic rings. The van der Waals surface area contributed by atoms with E-state index >= 15 is 0 Å². The quantitative estimate of drug-likeness (QED) is 0.180. The molecule has 0 saturated carbocycles. The number of hydrogen-bond acceptors (Lipinski definition) is 2. The van der Waals surface area contributed by atoms with E-state index in [2.05, 4.69) is 203 Å². The minimum atomic E-state index is 0.895. The van der Waals surface area contributed by atoms with Crippen molar-refractivity contribution in [1.82, 2.24) is 14.1 Å². The topological polar surface area (TPSA) is 35.9 Å². The lowest BCUT2D eigenvalue weighted by Crippen LogP contribution is -1.99. The van der Waals surface area contributed by atoms with Crippen LogP contribution >= 0.6 is 0 Å². The van der Waals surface area contributed by atoms with Gasteiger partial charge >= 0.3 is 0 Å². The van der Waals surface area contributed by atoms with E-state index in [0.29, 0.717) is 0 Å². The number of hydrogen-bond donors (Lipinski definition) is 0. The van der Waals surface area contributed by atoms with Crippen molar-refractivity contribution in [3.8, 4) is 67.3 Å². The Morgan fingerprint density at radius 1 is 0.373 bits per heavy atom. The van der Waals surface area contributed by atoms with Crippen LogP contribution in [0.15, 0.2) is 205 Å². The Kier molecular flexibility index (Phi) is 6.69. The van der Waals surface area contributed by atoms with Crippen LogP contribution in [0.3, 0.4) is 0 Å². The van der Waals surface area contributed by atoms with Crippen molar-refractivity contribution in [1.29, 1.82) is 0 Å². The lowest BCUT2D eigenvalue weighted by molar-refractivity contribution is 0.669. The van der Waals surface area contributed by atoms with E-state index in [1.807, 2.05) is 6.07 Å². The summed E-state index contributed by atoms with van der Waals surface area (Å²) >= 11 is 0. The molecule has 4 heteroatoms. The van der Waals surface area contributed by atoms with Crippen molar-refractivity contribution in [2.45, 2.75) is 0 Å². The number of fused-ring (bicyclic) bond motifs is 12. The molecule has 0 saturated heterocycles. The highest BCUT2D eigenvalue weighted by molar-refractivity contribution is 6.20. The molecular weight excluding hydrogens is 719 g/mol. The predicted octanol–water partition coefficient (Wildman–Crippen LogP) is 14.7. The van der Waals surface area contributed by atoms with Gasteiger partial charge < -0.3 is 8.98 Å². The van der Waals surface area contributed by atoms with Gasteiger partial charge in [0.15, 0.2) is 0 Å². The molecule has 13 rings (SSSR count). The van der Waals surface area contributed by atoms with Gasteiger partial charge in [-0.3, -0.25) is 4.57 Å². The van der Waals surface area contributed by atoms with Crippen LogP contribution < -0.4 is 0 Å². The number of benzene rings is 9. The van der Waals surface area contributed by atoms with Gasteiger partial charge in [0.25, 0.3) is 0 Å². The number of rotatable bonds is 4. The molecule has 274 valence electrons. The van der Waals surface area contributed by atoms with Crippen molar-refractivity contribution in [3.05, 3.63) is 200 Å². The molecule has 0 bridgehead atoms. The van der Waals surface area contributed by atoms with Crippen molar-refractivity contribution >= 4 is 54.8 Å². The fourth-order valence-corrected chi connectivity index (χ4v) is 9.74. The Bertz CT molecular complexity index is 3660. The first-order valence-corrected chi connectivity index (χ1v) is 20.1. The van der Waals surface area contributed by atoms with Crippen LogP contribution in [0.2, 0.25) is 0 Å². The molecule has 1 aliphatic heterocycles. The van der Waals surface area contributed by atoms with Crippen molar-refractivity contribution in [2.75, 3.05) is 0 Å². The van der Waals surface area contributed by atoms with E-state index in [-0.39, 0.29) is 0 Å². The average molecular weight is 752 g/mol. The van der Waals surface area contributed by atoms with E-state index in [1.165, 1.54) is 60.9 Å². The number of para-hydroxylation sites is 6. The number of imidazole rings is 1. The third-order valence-corrected chi connectivity index (χ3v) is 12.3. The summed E-state index contributed by atoms with van der Waals surface area (Å²) in [6, 6.07) is 72.0. The normalized spacial score (nSPS) is 12.1. The molecule has 3 aromatic heterocycles. The number of aromatic nitrogens is 3. The van der Waals surface area contributed by atoms with Crippen LogP contribution in [0.5, 0.6) is 0 Å². The summed E-state index contributed by atoms with van der Waals surface area (Å²) in [4.78, 5) is 5.14. The molecular formula is C55H33N3O. The van der Waals surface area contributed by atoms with Gasteiger partial charge in [-0.2, -0.15) is 0 Å². The standard InChI is InChI=1S/C55H33N3O/c1-2-14-37(15-3-1)57-49-25-10-8-23-47(49)56-55(57)35-30-28-34(29-31-35)36-32-45-39-17-5-4-16-38(39)42-21-12-22-43(41-20-13-27-51-52(41)44-19-7-11-26-50(44)59-51)53(42)58-48-24-9-6-18-40(48)46(33-36)54(45)58/h1-33H. The molecule has 0 spiro atoms. The van der Waals surface area contributed by atoms with Gasteiger partial charge in [-0.1, -0.05) is 146 Å². The van der Waals surface area contributed by atoms with Gasteiger partial charge in [0.2, 0.25) is 0 Å². The molecule has 59 heavy (non-hydrogen) atoms. The fourth-order valence-electron chi connectivity index (χ4n) is 9.74. The zero-order valence-electron chi connectivity index (χ0n) is 31.8. The van der Waals surface area contributed by atoms with E-state index in [9.17, 15) is 0 Å². The van der Waals surface area contributed by atoms with Gasteiger partial charge in [-0.25, -0.2) is 4.98 Å². The molecule has 4 nitrogen and oxygen atoms in total. The van der Waals surface area contributed by atoms with Crippen molar-refractivity contribution in [3.63, 3.8) is 0 Å². The van der Waals surface area contributed by atoms with E-state index in [0.717, 1.165) is 61.2 Å². The summed E-state index contributed by atoms with van der Waals surface area (Å²) in [5.41, 5.74) is 19.1. The fraction of sp³-hybridized carbons (Fsp3) is 0. The summed E-state index contributed by atoms with van der Waals surface area (Å²) in [5.74, 6) is 0.927. The molecule has 0 unspecified atom stereocenters. The largest absolute Gasteiger partial charge is 0.456 e. The van der Waals surface area contributed by atoms with Gasteiger partial charge in [0, 0.05) is 49.5 Å². The van der Waals surface area contributed by atoms with Gasteiger partial charge in [-0.05, 0) is 82.4 Å². The smallest absolute Gasteiger partial charge is 0.145 e. The minimum Gasteiger partial charge on any atom is -0.456 e. The summed E-state index contributed by atoms with van der Waals surface area (Å²) < 4.78 is 11.2. The summed E-state index contributed by atoms with van der Waals surface area (Å²) in [6.45, 7) is 0. The number of nitrogens with zero attached hydrogens (tertiary/aromatic N) is 3. The van der Waals surface area contributed by atoms with E-state index < -0.39 is 0 Å². The van der Waals surface area contributed by atoms with Gasteiger partial charge in [0.1, 0.15) is 17.0 Å². The zero-order valence-corrected chi connectivity index (χ0v) is 31.8. The zero-order chi connectivity index (χ0) is 38.6. The van der Waals surface area contributed by atoms with Crippen LogP contribution in [0, 0.1) is 0 Å². The molecule has 0 fully saturated rings. The Balaban J connectivity index is 1.05. The highest BCUT2D eigenvalue weighted by Gasteiger charge is 2.28. The molecule has 4 heterocycles. The molecule has 0 amide bonds. The lowest BCUT2D eigenvalue weighted by atomic mass is 9.89. The second-order valence-corrected chi connectivity index (χ2v) is 15.5. The Morgan fingerprint density at radius 3 is 1.83 bits per heavy atom. The molecule has 0 aliphatic carbocycles. The van der Waals surface area contributed by atoms with E-state index in [4.69, 9.17) is 9.40 Å².